The van der Waals surface area contributed by atoms with Crippen molar-refractivity contribution in [1.29, 1.82) is 0 Å². The fraction of sp³-hybridized carbons (Fsp3) is 0. The first-order valence-electron chi connectivity index (χ1n) is 18.3. The van der Waals surface area contributed by atoms with Crippen LogP contribution in [0.1, 0.15) is 0 Å². The zero-order valence-corrected chi connectivity index (χ0v) is 29.3. The maximum Gasteiger partial charge on any atom is 0.144 e. The van der Waals surface area contributed by atoms with E-state index in [2.05, 4.69) is 203 Å². The lowest BCUT2D eigenvalue weighted by molar-refractivity contribution is 0.673. The first-order valence-corrected chi connectivity index (χ1v) is 18.3. The molecule has 0 radical (unpaired) electrons. The van der Waals surface area contributed by atoms with Crippen molar-refractivity contribution in [1.82, 2.24) is 9.55 Å². The second-order valence-electron chi connectivity index (χ2n) is 13.9. The van der Waals surface area contributed by atoms with Crippen LogP contribution in [0.5, 0.6) is 0 Å². The Bertz CT molecular complexity index is 3130. The average Bonchev–Trinajstić information content (AvgIpc) is 3.96. The lowest BCUT2D eigenvalue weighted by atomic mass is 10.0. The zero-order chi connectivity index (χ0) is 35.6. The molecule has 0 bridgehead atoms. The number of nitrogens with zero attached hydrogens (tertiary/aromatic N) is 2. The highest BCUT2D eigenvalue weighted by Crippen LogP contribution is 2.41. The minimum Gasteiger partial charge on any atom is -0.455 e. The molecule has 3 heterocycles. The summed E-state index contributed by atoms with van der Waals surface area (Å²) in [6.07, 6.45) is 1.96. The van der Waals surface area contributed by atoms with Gasteiger partial charge in [-0.1, -0.05) is 97.1 Å². The van der Waals surface area contributed by atoms with Crippen LogP contribution in [0.3, 0.4) is 0 Å². The molecule has 1 N–H and O–H groups in total. The lowest BCUT2D eigenvalue weighted by Crippen LogP contribution is -2.10. The van der Waals surface area contributed by atoms with E-state index in [1.165, 1.54) is 32.9 Å². The molecular weight excluding hydrogens is 659 g/mol. The summed E-state index contributed by atoms with van der Waals surface area (Å²) in [5, 5.41) is 5.81. The number of fused-ring (bicyclic) bond motifs is 8. The third kappa shape index (κ3) is 4.85. The maximum absolute atomic E-state index is 6.47. The molecule has 0 saturated heterocycles. The molecule has 4 nitrogen and oxygen atoms in total. The van der Waals surface area contributed by atoms with Gasteiger partial charge in [0.05, 0.1) is 11.0 Å². The summed E-state index contributed by atoms with van der Waals surface area (Å²) in [4.78, 5) is 5.66. The van der Waals surface area contributed by atoms with Crippen LogP contribution in [0, 0.1) is 0 Å². The highest BCUT2D eigenvalue weighted by Gasteiger charge is 2.18. The number of rotatable bonds is 6. The fourth-order valence-electron chi connectivity index (χ4n) is 8.19. The molecule has 0 aliphatic carbocycles. The Morgan fingerprint density at radius 2 is 1.02 bits per heavy atom. The van der Waals surface area contributed by atoms with Gasteiger partial charge in [-0.15, -0.1) is 0 Å². The second kappa shape index (κ2) is 12.1. The van der Waals surface area contributed by atoms with Crippen molar-refractivity contribution in [2.75, 3.05) is 4.90 Å². The maximum atomic E-state index is 6.47. The zero-order valence-electron chi connectivity index (χ0n) is 29.3. The molecule has 8 aromatic carbocycles. The molecule has 0 saturated carbocycles. The van der Waals surface area contributed by atoms with Gasteiger partial charge >= 0.3 is 0 Å². The number of para-hydroxylation sites is 2. The van der Waals surface area contributed by atoms with Gasteiger partial charge in [-0.3, -0.25) is 0 Å². The Morgan fingerprint density at radius 3 is 1.80 bits per heavy atom. The highest BCUT2D eigenvalue weighted by atomic mass is 16.3. The molecule has 254 valence electrons. The average molecular weight is 692 g/mol. The van der Waals surface area contributed by atoms with E-state index in [4.69, 9.17) is 4.42 Å². The van der Waals surface area contributed by atoms with Gasteiger partial charge in [-0.25, -0.2) is 0 Å². The van der Waals surface area contributed by atoms with Gasteiger partial charge in [0.1, 0.15) is 11.2 Å². The van der Waals surface area contributed by atoms with Gasteiger partial charge in [-0.2, -0.15) is 0 Å². The number of hydrogen-bond acceptors (Lipinski definition) is 2. The van der Waals surface area contributed by atoms with Crippen molar-refractivity contribution < 1.29 is 4.42 Å². The van der Waals surface area contributed by atoms with Crippen LogP contribution in [0.15, 0.2) is 199 Å². The summed E-state index contributed by atoms with van der Waals surface area (Å²) in [5.41, 5.74) is 14.3. The number of H-pyrrole nitrogens is 1. The number of furan rings is 1. The largest absolute Gasteiger partial charge is 0.455 e. The Labute approximate surface area is 311 Å². The molecule has 0 aliphatic rings. The molecule has 0 aliphatic heterocycles. The van der Waals surface area contributed by atoms with Gasteiger partial charge in [0.25, 0.3) is 0 Å². The van der Waals surface area contributed by atoms with Gasteiger partial charge in [-0.05, 0) is 113 Å². The Kier molecular flexibility index (Phi) is 6.82. The number of aromatic amines is 1. The van der Waals surface area contributed by atoms with Crippen LogP contribution >= 0.6 is 0 Å². The molecule has 11 rings (SSSR count). The molecule has 11 aromatic rings. The second-order valence-corrected chi connectivity index (χ2v) is 13.9. The summed E-state index contributed by atoms with van der Waals surface area (Å²) in [7, 11) is 0. The van der Waals surface area contributed by atoms with Crippen LogP contribution in [0.2, 0.25) is 0 Å². The van der Waals surface area contributed by atoms with Crippen molar-refractivity contribution in [2.45, 2.75) is 0 Å². The van der Waals surface area contributed by atoms with Crippen molar-refractivity contribution >= 4 is 71.7 Å². The molecule has 0 spiro atoms. The summed E-state index contributed by atoms with van der Waals surface area (Å²) in [5.74, 6) is 0. The summed E-state index contributed by atoms with van der Waals surface area (Å²) in [6, 6.07) is 67.4. The first-order chi connectivity index (χ1) is 26.8. The summed E-state index contributed by atoms with van der Waals surface area (Å²) in [6.45, 7) is 0. The highest BCUT2D eigenvalue weighted by molar-refractivity contribution is 6.15. The third-order valence-electron chi connectivity index (χ3n) is 10.8. The monoisotopic (exact) mass is 691 g/mol. The van der Waals surface area contributed by atoms with E-state index in [1.807, 2.05) is 6.20 Å². The molecular formula is C50H33N3O. The molecule has 54 heavy (non-hydrogen) atoms. The van der Waals surface area contributed by atoms with Gasteiger partial charge < -0.3 is 18.9 Å². The molecule has 0 fully saturated rings. The normalized spacial score (nSPS) is 11.7. The number of benzene rings is 8. The number of anilines is 3. The van der Waals surface area contributed by atoms with E-state index >= 15 is 0 Å². The van der Waals surface area contributed by atoms with Crippen LogP contribution in [-0.4, -0.2) is 9.55 Å². The Hall–Kier alpha value is -7.30. The van der Waals surface area contributed by atoms with Gasteiger partial charge in [0.2, 0.25) is 0 Å². The topological polar surface area (TPSA) is 37.1 Å². The van der Waals surface area contributed by atoms with Crippen molar-refractivity contribution in [2.24, 2.45) is 0 Å². The van der Waals surface area contributed by atoms with E-state index in [0.29, 0.717) is 0 Å². The SMILES string of the molecule is c1ccc(-c2ccc(N(c3ccc(-c4ccc5c(c4)oc4c6cc[nH]c6ccc54)cc3)c3ccc4c(c3)c3ccccc3n4-c3ccccc3)cc2)cc1. The predicted octanol–water partition coefficient (Wildman–Crippen LogP) is 14.0. The van der Waals surface area contributed by atoms with Crippen molar-refractivity contribution in [3.8, 4) is 27.9 Å². The van der Waals surface area contributed by atoms with Gasteiger partial charge in [0, 0.05) is 61.4 Å². The minimum atomic E-state index is 0.892. The quantitative estimate of drug-likeness (QED) is 0.188. The van der Waals surface area contributed by atoms with Crippen LogP contribution in [0.4, 0.5) is 17.1 Å². The van der Waals surface area contributed by atoms with E-state index < -0.39 is 0 Å². The summed E-state index contributed by atoms with van der Waals surface area (Å²) >= 11 is 0. The third-order valence-corrected chi connectivity index (χ3v) is 10.8. The minimum absolute atomic E-state index is 0.892. The molecule has 0 unspecified atom stereocenters. The molecule has 0 atom stereocenters. The number of hydrogen-bond donors (Lipinski definition) is 1. The lowest BCUT2D eigenvalue weighted by Gasteiger charge is -2.26. The smallest absolute Gasteiger partial charge is 0.144 e. The Morgan fingerprint density at radius 1 is 0.407 bits per heavy atom. The fourth-order valence-corrected chi connectivity index (χ4v) is 8.19. The predicted molar refractivity (Wildman–Crippen MR) is 225 cm³/mol. The van der Waals surface area contributed by atoms with Crippen molar-refractivity contribution in [3.05, 3.63) is 194 Å². The van der Waals surface area contributed by atoms with Crippen LogP contribution < -0.4 is 4.90 Å². The Balaban J connectivity index is 1.03. The molecule has 0 amide bonds. The van der Waals surface area contributed by atoms with E-state index in [9.17, 15) is 0 Å². The summed E-state index contributed by atoms with van der Waals surface area (Å²) < 4.78 is 8.83. The molecule has 3 aromatic heterocycles. The number of aromatic nitrogens is 2. The van der Waals surface area contributed by atoms with Crippen LogP contribution in [0.25, 0.3) is 82.6 Å². The van der Waals surface area contributed by atoms with E-state index in [0.717, 1.165) is 66.7 Å². The number of nitrogens with one attached hydrogen (secondary N) is 1. The first kappa shape index (κ1) is 30.3. The van der Waals surface area contributed by atoms with E-state index in [-0.39, 0.29) is 0 Å². The van der Waals surface area contributed by atoms with E-state index in [1.54, 1.807) is 0 Å². The molecule has 4 heteroatoms. The van der Waals surface area contributed by atoms with Crippen LogP contribution in [-0.2, 0) is 0 Å². The van der Waals surface area contributed by atoms with Gasteiger partial charge in [0.15, 0.2) is 0 Å². The van der Waals surface area contributed by atoms with Crippen molar-refractivity contribution in [3.63, 3.8) is 0 Å². The standard InChI is InChI=1S/C50H33N3O/c1-3-9-33(10-4-1)34-15-20-38(21-16-34)52(40-24-28-48-45(32-40)41-13-7-8-14-47(41)53(48)37-11-5-2-6-12-37)39-22-17-35(18-23-39)36-19-25-42-43-26-27-46-44(29-30-51-46)50(43)54-49(42)31-36/h1-32,51H.